The number of unbranched alkanes of at least 4 members (excludes halogenated alkanes) is 1. The van der Waals surface area contributed by atoms with Crippen molar-refractivity contribution in [3.8, 4) is 24.0 Å². The molecule has 1 aromatic rings. The highest BCUT2D eigenvalue weighted by Gasteiger charge is 2.02. The van der Waals surface area contributed by atoms with Gasteiger partial charge in [-0.25, -0.2) is 0 Å². The van der Waals surface area contributed by atoms with Crippen LogP contribution >= 0.6 is 0 Å². The monoisotopic (exact) mass is 208 g/mol. The fourth-order valence-electron chi connectivity index (χ4n) is 1.24. The maximum absolute atomic E-state index is 8.55. The Balaban J connectivity index is 2.30. The fourth-order valence-corrected chi connectivity index (χ4v) is 1.24. The summed E-state index contributed by atoms with van der Waals surface area (Å²) in [6, 6.07) is 13.7. The molecule has 1 rings (SSSR count). The largest absolute Gasteiger partial charge is 0.197 e. The molecule has 16 heavy (non-hydrogen) atoms. The SMILES string of the molecule is N#CC(C#N)CCCC#Cc1ccccc1. The number of rotatable bonds is 3. The summed E-state index contributed by atoms with van der Waals surface area (Å²) in [5.74, 6) is 5.59. The van der Waals surface area contributed by atoms with Crippen molar-refractivity contribution in [1.82, 2.24) is 0 Å². The predicted octanol–water partition coefficient (Wildman–Crippen LogP) is 2.87. The van der Waals surface area contributed by atoms with Crippen molar-refractivity contribution in [2.24, 2.45) is 5.92 Å². The van der Waals surface area contributed by atoms with Crippen molar-refractivity contribution in [3.63, 3.8) is 0 Å². The Morgan fingerprint density at radius 3 is 2.38 bits per heavy atom. The molecule has 0 aromatic heterocycles. The van der Waals surface area contributed by atoms with Crippen LogP contribution in [0.1, 0.15) is 24.8 Å². The van der Waals surface area contributed by atoms with E-state index in [0.717, 1.165) is 18.4 Å². The lowest BCUT2D eigenvalue weighted by Gasteiger charge is -1.94. The van der Waals surface area contributed by atoms with Gasteiger partial charge in [0.15, 0.2) is 0 Å². The first-order chi connectivity index (χ1) is 7.86. The topological polar surface area (TPSA) is 47.6 Å². The quantitative estimate of drug-likeness (QED) is 0.566. The average molecular weight is 208 g/mol. The minimum Gasteiger partial charge on any atom is -0.197 e. The van der Waals surface area contributed by atoms with Crippen molar-refractivity contribution >= 4 is 0 Å². The highest BCUT2D eigenvalue weighted by atomic mass is 14.3. The molecule has 0 aliphatic carbocycles. The van der Waals surface area contributed by atoms with Gasteiger partial charge in [0, 0.05) is 12.0 Å². The van der Waals surface area contributed by atoms with Gasteiger partial charge in [-0.15, -0.1) is 0 Å². The molecule has 2 nitrogen and oxygen atoms in total. The molecule has 0 saturated heterocycles. The predicted molar refractivity (Wildman–Crippen MR) is 61.9 cm³/mol. The zero-order chi connectivity index (χ0) is 11.6. The first-order valence-corrected chi connectivity index (χ1v) is 5.20. The smallest absolute Gasteiger partial charge is 0.133 e. The van der Waals surface area contributed by atoms with E-state index in [9.17, 15) is 0 Å². The summed E-state index contributed by atoms with van der Waals surface area (Å²) in [5.41, 5.74) is 1.000. The molecule has 78 valence electrons. The van der Waals surface area contributed by atoms with Crippen molar-refractivity contribution in [3.05, 3.63) is 35.9 Å². The summed E-state index contributed by atoms with van der Waals surface area (Å²) in [5, 5.41) is 17.1. The molecule has 0 spiro atoms. The van der Waals surface area contributed by atoms with Crippen LogP contribution in [0.2, 0.25) is 0 Å². The van der Waals surface area contributed by atoms with Crippen LogP contribution in [-0.4, -0.2) is 0 Å². The van der Waals surface area contributed by atoms with Crippen LogP contribution in [0.4, 0.5) is 0 Å². The molecule has 0 aliphatic rings. The second kappa shape index (κ2) is 7.10. The number of hydrogen-bond acceptors (Lipinski definition) is 2. The number of nitrogens with zero attached hydrogens (tertiary/aromatic N) is 2. The zero-order valence-corrected chi connectivity index (χ0v) is 8.98. The lowest BCUT2D eigenvalue weighted by molar-refractivity contribution is 0.686. The lowest BCUT2D eigenvalue weighted by atomic mass is 10.1. The Hall–Kier alpha value is -2.24. The van der Waals surface area contributed by atoms with E-state index in [2.05, 4.69) is 11.8 Å². The molecule has 0 saturated carbocycles. The third-order valence-electron chi connectivity index (χ3n) is 2.11. The first-order valence-electron chi connectivity index (χ1n) is 5.20. The minimum atomic E-state index is -0.487. The molecule has 2 heteroatoms. The maximum atomic E-state index is 8.55. The highest BCUT2D eigenvalue weighted by Crippen LogP contribution is 2.05. The molecule has 0 fully saturated rings. The van der Waals surface area contributed by atoms with Gasteiger partial charge in [0.1, 0.15) is 5.92 Å². The lowest BCUT2D eigenvalue weighted by Crippen LogP contribution is -1.91. The third-order valence-corrected chi connectivity index (χ3v) is 2.11. The molecule has 0 unspecified atom stereocenters. The van der Waals surface area contributed by atoms with Crippen LogP contribution in [0.5, 0.6) is 0 Å². The van der Waals surface area contributed by atoms with E-state index in [1.165, 1.54) is 0 Å². The van der Waals surface area contributed by atoms with E-state index < -0.39 is 5.92 Å². The van der Waals surface area contributed by atoms with E-state index in [1.54, 1.807) is 0 Å². The number of hydrogen-bond donors (Lipinski definition) is 0. The van der Waals surface area contributed by atoms with E-state index in [0.29, 0.717) is 6.42 Å². The van der Waals surface area contributed by atoms with E-state index in [4.69, 9.17) is 10.5 Å². The minimum absolute atomic E-state index is 0.487. The van der Waals surface area contributed by atoms with E-state index in [-0.39, 0.29) is 0 Å². The molecular formula is C14H12N2. The molecule has 0 atom stereocenters. The van der Waals surface area contributed by atoms with Crippen LogP contribution in [0.3, 0.4) is 0 Å². The first kappa shape index (κ1) is 11.8. The van der Waals surface area contributed by atoms with Crippen LogP contribution in [-0.2, 0) is 0 Å². The number of nitriles is 2. The Bertz CT molecular complexity index is 437. The molecule has 0 radical (unpaired) electrons. The summed E-state index contributed by atoms with van der Waals surface area (Å²) in [7, 11) is 0. The van der Waals surface area contributed by atoms with Crippen molar-refractivity contribution in [2.45, 2.75) is 19.3 Å². The summed E-state index contributed by atoms with van der Waals surface area (Å²) >= 11 is 0. The van der Waals surface area contributed by atoms with Crippen molar-refractivity contribution < 1.29 is 0 Å². The average Bonchev–Trinajstić information content (AvgIpc) is 2.35. The number of benzene rings is 1. The molecule has 0 heterocycles. The van der Waals surface area contributed by atoms with E-state index in [1.807, 2.05) is 42.5 Å². The van der Waals surface area contributed by atoms with Crippen molar-refractivity contribution in [1.29, 1.82) is 10.5 Å². The Labute approximate surface area is 96.1 Å². The van der Waals surface area contributed by atoms with Gasteiger partial charge in [0.05, 0.1) is 12.1 Å². The zero-order valence-electron chi connectivity index (χ0n) is 8.98. The van der Waals surface area contributed by atoms with Gasteiger partial charge < -0.3 is 0 Å². The molecule has 0 bridgehead atoms. The van der Waals surface area contributed by atoms with Crippen LogP contribution in [0.25, 0.3) is 0 Å². The fraction of sp³-hybridized carbons (Fsp3) is 0.286. The second-order valence-electron chi connectivity index (χ2n) is 3.37. The second-order valence-corrected chi connectivity index (χ2v) is 3.37. The molecule has 0 amide bonds. The summed E-state index contributed by atoms with van der Waals surface area (Å²) in [6.45, 7) is 0. The standard InChI is InChI=1S/C14H12N2/c15-11-14(12-16)10-6-2-5-9-13-7-3-1-4-8-13/h1,3-4,7-8,14H,2,6,10H2. The van der Waals surface area contributed by atoms with Gasteiger partial charge in [-0.05, 0) is 25.0 Å². The third kappa shape index (κ3) is 4.32. The highest BCUT2D eigenvalue weighted by molar-refractivity contribution is 5.33. The van der Waals surface area contributed by atoms with Gasteiger partial charge >= 0.3 is 0 Å². The molecular weight excluding hydrogens is 196 g/mol. The normalized spacial score (nSPS) is 8.69. The Morgan fingerprint density at radius 1 is 1.06 bits per heavy atom. The molecule has 1 aromatic carbocycles. The maximum Gasteiger partial charge on any atom is 0.133 e. The van der Waals surface area contributed by atoms with Crippen LogP contribution in [0.15, 0.2) is 30.3 Å². The molecule has 0 N–H and O–H groups in total. The summed E-state index contributed by atoms with van der Waals surface area (Å²) in [6.07, 6.45) is 2.14. The van der Waals surface area contributed by atoms with Gasteiger partial charge in [0.2, 0.25) is 0 Å². The Morgan fingerprint density at radius 2 is 1.75 bits per heavy atom. The van der Waals surface area contributed by atoms with Gasteiger partial charge in [0.25, 0.3) is 0 Å². The van der Waals surface area contributed by atoms with Crippen LogP contribution < -0.4 is 0 Å². The van der Waals surface area contributed by atoms with Crippen LogP contribution in [0, 0.1) is 40.4 Å². The molecule has 0 aliphatic heterocycles. The van der Waals surface area contributed by atoms with Gasteiger partial charge in [-0.2, -0.15) is 10.5 Å². The summed E-state index contributed by atoms with van der Waals surface area (Å²) < 4.78 is 0. The van der Waals surface area contributed by atoms with Gasteiger partial charge in [-0.1, -0.05) is 30.0 Å². The Kier molecular flexibility index (Phi) is 5.25. The van der Waals surface area contributed by atoms with Crippen molar-refractivity contribution in [2.75, 3.05) is 0 Å². The van der Waals surface area contributed by atoms with Gasteiger partial charge in [-0.3, -0.25) is 0 Å². The summed E-state index contributed by atoms with van der Waals surface area (Å²) in [4.78, 5) is 0. The van der Waals surface area contributed by atoms with E-state index >= 15 is 0 Å².